The van der Waals surface area contributed by atoms with Gasteiger partial charge in [0.05, 0.1) is 6.61 Å². The van der Waals surface area contributed by atoms with Crippen molar-refractivity contribution in [2.75, 3.05) is 43.6 Å². The minimum absolute atomic E-state index is 0.578. The molecule has 0 radical (unpaired) electrons. The molecule has 0 aliphatic heterocycles. The van der Waals surface area contributed by atoms with Gasteiger partial charge in [0.15, 0.2) is 0 Å². The average Bonchev–Trinajstić information content (AvgIpc) is 2.48. The highest BCUT2D eigenvalue weighted by atomic mass is 16.5. The van der Waals surface area contributed by atoms with Crippen LogP contribution in [-0.2, 0) is 11.2 Å². The van der Waals surface area contributed by atoms with Crippen LogP contribution in [0.5, 0.6) is 0 Å². The summed E-state index contributed by atoms with van der Waals surface area (Å²) in [6.45, 7) is 12.1. The third-order valence-corrected chi connectivity index (χ3v) is 3.11. The van der Waals surface area contributed by atoms with Crippen LogP contribution in [0.1, 0.15) is 39.9 Å². The van der Waals surface area contributed by atoms with Gasteiger partial charge in [0.2, 0.25) is 0 Å². The molecule has 5 heteroatoms. The summed E-state index contributed by atoms with van der Waals surface area (Å²) in [7, 11) is 1.74. The van der Waals surface area contributed by atoms with Crippen LogP contribution >= 0.6 is 0 Å². The molecular formula is C16H30N4O. The van der Waals surface area contributed by atoms with Crippen LogP contribution in [0.2, 0.25) is 0 Å². The molecule has 0 aromatic carbocycles. The van der Waals surface area contributed by atoms with Gasteiger partial charge in [-0.1, -0.05) is 27.7 Å². The van der Waals surface area contributed by atoms with E-state index in [4.69, 9.17) is 4.74 Å². The molecule has 0 bridgehead atoms. The van der Waals surface area contributed by atoms with E-state index in [2.05, 4.69) is 47.9 Å². The first kappa shape index (κ1) is 17.7. The number of anilines is 2. The summed E-state index contributed by atoms with van der Waals surface area (Å²) in [5.74, 6) is 3.38. The standard InChI is InChI=1S/C16H30N4O/c1-6-8-17-15-11-16(19-14(7-2)18-15)20(9-10-21-5)12-13(3)4/h11,13H,6-10,12H2,1-5H3,(H,17,18,19). The first-order chi connectivity index (χ1) is 10.1. The fourth-order valence-corrected chi connectivity index (χ4v) is 2.09. The second-order valence-corrected chi connectivity index (χ2v) is 5.64. The van der Waals surface area contributed by atoms with Gasteiger partial charge in [-0.05, 0) is 12.3 Å². The Hall–Kier alpha value is -1.36. The van der Waals surface area contributed by atoms with Crippen LogP contribution in [-0.4, -0.2) is 43.3 Å². The van der Waals surface area contributed by atoms with E-state index in [1.807, 2.05) is 6.07 Å². The SMILES string of the molecule is CCCNc1cc(N(CCOC)CC(C)C)nc(CC)n1. The van der Waals surface area contributed by atoms with E-state index in [-0.39, 0.29) is 0 Å². The molecule has 1 rings (SSSR count). The van der Waals surface area contributed by atoms with E-state index in [1.165, 1.54) is 0 Å². The summed E-state index contributed by atoms with van der Waals surface area (Å²) in [6.07, 6.45) is 1.93. The number of ether oxygens (including phenoxy) is 1. The molecule has 0 fully saturated rings. The Balaban J connectivity index is 2.97. The Bertz CT molecular complexity index is 409. The molecule has 21 heavy (non-hydrogen) atoms. The summed E-state index contributed by atoms with van der Waals surface area (Å²) in [5, 5.41) is 3.36. The van der Waals surface area contributed by atoms with Crippen molar-refractivity contribution in [2.45, 2.75) is 40.5 Å². The molecule has 1 aromatic rings. The molecule has 1 aromatic heterocycles. The first-order valence-corrected chi connectivity index (χ1v) is 7.96. The van der Waals surface area contributed by atoms with Crippen molar-refractivity contribution in [1.82, 2.24) is 9.97 Å². The zero-order valence-electron chi connectivity index (χ0n) is 14.1. The third-order valence-electron chi connectivity index (χ3n) is 3.11. The molecule has 0 saturated carbocycles. The summed E-state index contributed by atoms with van der Waals surface area (Å²) in [6, 6.07) is 2.05. The second kappa shape index (κ2) is 9.55. The molecule has 0 spiro atoms. The predicted molar refractivity (Wildman–Crippen MR) is 89.1 cm³/mol. The van der Waals surface area contributed by atoms with E-state index in [9.17, 15) is 0 Å². The minimum Gasteiger partial charge on any atom is -0.383 e. The van der Waals surface area contributed by atoms with E-state index in [0.717, 1.165) is 49.9 Å². The van der Waals surface area contributed by atoms with E-state index in [0.29, 0.717) is 12.5 Å². The van der Waals surface area contributed by atoms with Gasteiger partial charge in [-0.3, -0.25) is 0 Å². The van der Waals surface area contributed by atoms with Crippen molar-refractivity contribution in [3.63, 3.8) is 0 Å². The minimum atomic E-state index is 0.578. The maximum absolute atomic E-state index is 5.23. The summed E-state index contributed by atoms with van der Waals surface area (Å²) < 4.78 is 5.23. The second-order valence-electron chi connectivity index (χ2n) is 5.64. The zero-order valence-corrected chi connectivity index (χ0v) is 14.1. The molecule has 0 amide bonds. The van der Waals surface area contributed by atoms with E-state index >= 15 is 0 Å². The maximum atomic E-state index is 5.23. The number of methoxy groups -OCH3 is 1. The third kappa shape index (κ3) is 6.29. The van der Waals surface area contributed by atoms with Gasteiger partial charge in [-0.2, -0.15) is 0 Å². The van der Waals surface area contributed by atoms with Crippen LogP contribution in [0.15, 0.2) is 6.07 Å². The lowest BCUT2D eigenvalue weighted by atomic mass is 10.2. The summed E-state index contributed by atoms with van der Waals surface area (Å²) >= 11 is 0. The lowest BCUT2D eigenvalue weighted by Gasteiger charge is -2.26. The van der Waals surface area contributed by atoms with Gasteiger partial charge in [-0.15, -0.1) is 0 Å². The van der Waals surface area contributed by atoms with Crippen LogP contribution in [0.3, 0.4) is 0 Å². The van der Waals surface area contributed by atoms with Crippen molar-refractivity contribution < 1.29 is 4.74 Å². The number of aryl methyl sites for hydroxylation is 1. The molecule has 1 heterocycles. The summed E-state index contributed by atoms with van der Waals surface area (Å²) in [5.41, 5.74) is 0. The van der Waals surface area contributed by atoms with Gasteiger partial charge in [-0.25, -0.2) is 9.97 Å². The molecule has 0 aliphatic rings. The van der Waals surface area contributed by atoms with Gasteiger partial charge >= 0.3 is 0 Å². The highest BCUT2D eigenvalue weighted by Gasteiger charge is 2.12. The fraction of sp³-hybridized carbons (Fsp3) is 0.750. The zero-order chi connectivity index (χ0) is 15.7. The number of hydrogen-bond acceptors (Lipinski definition) is 5. The first-order valence-electron chi connectivity index (χ1n) is 7.96. The number of aromatic nitrogens is 2. The van der Waals surface area contributed by atoms with E-state index in [1.54, 1.807) is 7.11 Å². The highest BCUT2D eigenvalue weighted by molar-refractivity contribution is 5.49. The largest absolute Gasteiger partial charge is 0.383 e. The number of hydrogen-bond donors (Lipinski definition) is 1. The lowest BCUT2D eigenvalue weighted by Crippen LogP contribution is -2.32. The molecule has 0 saturated heterocycles. The van der Waals surface area contributed by atoms with Crippen LogP contribution in [0, 0.1) is 5.92 Å². The van der Waals surface area contributed by atoms with Gasteiger partial charge < -0.3 is 15.0 Å². The van der Waals surface area contributed by atoms with Crippen molar-refractivity contribution in [3.8, 4) is 0 Å². The lowest BCUT2D eigenvalue weighted by molar-refractivity contribution is 0.204. The van der Waals surface area contributed by atoms with Crippen molar-refractivity contribution in [1.29, 1.82) is 0 Å². The monoisotopic (exact) mass is 294 g/mol. The molecule has 0 aliphatic carbocycles. The fourth-order valence-electron chi connectivity index (χ4n) is 2.09. The number of nitrogens with one attached hydrogen (secondary N) is 1. The van der Waals surface area contributed by atoms with Crippen LogP contribution < -0.4 is 10.2 Å². The van der Waals surface area contributed by atoms with Crippen molar-refractivity contribution >= 4 is 11.6 Å². The maximum Gasteiger partial charge on any atom is 0.134 e. The molecule has 1 N–H and O–H groups in total. The van der Waals surface area contributed by atoms with Gasteiger partial charge in [0.1, 0.15) is 17.5 Å². The van der Waals surface area contributed by atoms with Crippen molar-refractivity contribution in [2.24, 2.45) is 5.92 Å². The summed E-state index contributed by atoms with van der Waals surface area (Å²) in [4.78, 5) is 11.5. The predicted octanol–water partition coefficient (Wildman–Crippen LogP) is 2.97. The smallest absolute Gasteiger partial charge is 0.134 e. The normalized spacial score (nSPS) is 11.0. The van der Waals surface area contributed by atoms with Crippen LogP contribution in [0.25, 0.3) is 0 Å². The molecule has 5 nitrogen and oxygen atoms in total. The Morgan fingerprint density at radius 1 is 1.29 bits per heavy atom. The van der Waals surface area contributed by atoms with E-state index < -0.39 is 0 Å². The molecule has 120 valence electrons. The Morgan fingerprint density at radius 2 is 2.05 bits per heavy atom. The highest BCUT2D eigenvalue weighted by Crippen LogP contribution is 2.18. The van der Waals surface area contributed by atoms with Gasteiger partial charge in [0.25, 0.3) is 0 Å². The van der Waals surface area contributed by atoms with Gasteiger partial charge in [0, 0.05) is 39.2 Å². The number of rotatable bonds is 10. The number of nitrogens with zero attached hydrogens (tertiary/aromatic N) is 3. The molecule has 0 atom stereocenters. The van der Waals surface area contributed by atoms with Crippen LogP contribution in [0.4, 0.5) is 11.6 Å². The topological polar surface area (TPSA) is 50.3 Å². The van der Waals surface area contributed by atoms with Crippen molar-refractivity contribution in [3.05, 3.63) is 11.9 Å². The molecule has 0 unspecified atom stereocenters. The average molecular weight is 294 g/mol. The Morgan fingerprint density at radius 3 is 2.62 bits per heavy atom. The Labute approximate surface area is 129 Å². The molecular weight excluding hydrogens is 264 g/mol. The quantitative estimate of drug-likeness (QED) is 0.719. The Kier molecular flexibility index (Phi) is 8.05.